The molecule has 6 heteroatoms. The highest BCUT2D eigenvalue weighted by atomic mass is 16.6. The minimum atomic E-state index is -0.757. The van der Waals surface area contributed by atoms with Crippen LogP contribution in [0.25, 0.3) is 0 Å². The number of carbonyl (C=O) groups excluding carboxylic acids is 3. The summed E-state index contributed by atoms with van der Waals surface area (Å²) in [5.41, 5.74) is 0. The van der Waals surface area contributed by atoms with E-state index in [9.17, 15) is 14.4 Å². The van der Waals surface area contributed by atoms with Gasteiger partial charge in [0.15, 0.2) is 6.10 Å². The minimum Gasteiger partial charge on any atom is -0.462 e. The molecule has 0 fully saturated rings. The lowest BCUT2D eigenvalue weighted by Gasteiger charge is -2.18. The van der Waals surface area contributed by atoms with Crippen molar-refractivity contribution >= 4 is 17.9 Å². The van der Waals surface area contributed by atoms with Crippen LogP contribution in [0.5, 0.6) is 0 Å². The zero-order valence-electron chi connectivity index (χ0n) is 40.8. The molecular formula is C54H104O6. The van der Waals surface area contributed by atoms with Gasteiger partial charge in [-0.3, -0.25) is 14.4 Å². The van der Waals surface area contributed by atoms with Gasteiger partial charge in [-0.1, -0.05) is 271 Å². The normalized spacial score (nSPS) is 11.8. The topological polar surface area (TPSA) is 78.9 Å². The van der Waals surface area contributed by atoms with Crippen molar-refractivity contribution in [3.8, 4) is 0 Å². The average Bonchev–Trinajstić information content (AvgIpc) is 3.24. The molecule has 0 aliphatic carbocycles. The van der Waals surface area contributed by atoms with Crippen molar-refractivity contribution in [1.29, 1.82) is 0 Å². The molecule has 356 valence electrons. The molecule has 0 saturated heterocycles. The van der Waals surface area contributed by atoms with E-state index < -0.39 is 6.10 Å². The van der Waals surface area contributed by atoms with Gasteiger partial charge < -0.3 is 14.2 Å². The summed E-state index contributed by atoms with van der Waals surface area (Å²) in [5, 5.41) is 0. The molecule has 0 aliphatic rings. The van der Waals surface area contributed by atoms with E-state index in [1.165, 1.54) is 205 Å². The van der Waals surface area contributed by atoms with Crippen molar-refractivity contribution in [2.24, 2.45) is 0 Å². The quantitative estimate of drug-likeness (QED) is 0.0345. The van der Waals surface area contributed by atoms with Crippen LogP contribution < -0.4 is 0 Å². The summed E-state index contributed by atoms with van der Waals surface area (Å²) in [6.45, 7) is 6.57. The molecule has 0 aliphatic heterocycles. The van der Waals surface area contributed by atoms with E-state index in [0.29, 0.717) is 19.3 Å². The lowest BCUT2D eigenvalue weighted by Crippen LogP contribution is -2.30. The third-order valence-electron chi connectivity index (χ3n) is 12.4. The van der Waals surface area contributed by atoms with E-state index in [4.69, 9.17) is 14.2 Å². The molecule has 0 saturated carbocycles. The number of rotatable bonds is 50. The zero-order valence-corrected chi connectivity index (χ0v) is 40.8. The van der Waals surface area contributed by atoms with Gasteiger partial charge in [0.1, 0.15) is 13.2 Å². The van der Waals surface area contributed by atoms with Crippen molar-refractivity contribution in [1.82, 2.24) is 0 Å². The van der Waals surface area contributed by atoms with Gasteiger partial charge in [-0.15, -0.1) is 0 Å². The highest BCUT2D eigenvalue weighted by molar-refractivity contribution is 5.71. The summed E-state index contributed by atoms with van der Waals surface area (Å²) in [6, 6.07) is 0. The first-order chi connectivity index (χ1) is 29.5. The highest BCUT2D eigenvalue weighted by Gasteiger charge is 2.19. The van der Waals surface area contributed by atoms with E-state index in [0.717, 1.165) is 64.2 Å². The number of esters is 3. The summed E-state index contributed by atoms with van der Waals surface area (Å²) < 4.78 is 16.6. The molecule has 0 N–H and O–H groups in total. The molecule has 1 atom stereocenters. The molecule has 0 aromatic heterocycles. The van der Waals surface area contributed by atoms with Crippen LogP contribution in [0.1, 0.15) is 310 Å². The van der Waals surface area contributed by atoms with Gasteiger partial charge in [-0.25, -0.2) is 0 Å². The Bertz CT molecular complexity index is 889. The standard InChI is InChI=1S/C54H104O6/c1-4-7-10-13-15-17-18-19-20-21-22-23-24-25-26-27-28-29-30-31-32-33-34-35-37-38-41-44-47-53(56)59-50-51(49-58-52(55)46-43-40-12-9-6-3)60-54(57)48-45-42-39-36-16-14-11-8-5-2/h51H,4-50H2,1-3H3. The fourth-order valence-electron chi connectivity index (χ4n) is 8.27. The number of hydrogen-bond acceptors (Lipinski definition) is 6. The number of ether oxygens (including phenoxy) is 3. The van der Waals surface area contributed by atoms with Crippen LogP contribution in [0.2, 0.25) is 0 Å². The first-order valence-corrected chi connectivity index (χ1v) is 27.0. The van der Waals surface area contributed by atoms with Gasteiger partial charge in [-0.05, 0) is 19.3 Å². The Balaban J connectivity index is 3.84. The molecule has 0 heterocycles. The molecule has 1 unspecified atom stereocenters. The predicted molar refractivity (Wildman–Crippen MR) is 257 cm³/mol. The Hall–Kier alpha value is -1.59. The molecule has 0 amide bonds. The summed E-state index contributed by atoms with van der Waals surface area (Å²) in [5.74, 6) is -0.865. The fraction of sp³-hybridized carbons (Fsp3) is 0.944. The molecule has 6 nitrogen and oxygen atoms in total. The van der Waals surface area contributed by atoms with Crippen LogP contribution in [-0.2, 0) is 28.6 Å². The van der Waals surface area contributed by atoms with Gasteiger partial charge in [0.25, 0.3) is 0 Å². The van der Waals surface area contributed by atoms with Crippen LogP contribution in [0.15, 0.2) is 0 Å². The Morgan fingerprint density at radius 2 is 0.450 bits per heavy atom. The van der Waals surface area contributed by atoms with Crippen LogP contribution in [0.3, 0.4) is 0 Å². The SMILES string of the molecule is CCCCCCCCCCCCCCCCCCCCCCCCCCCCCCC(=O)OCC(COC(=O)CCCCCCC)OC(=O)CCCCCCCCCCC. The lowest BCUT2D eigenvalue weighted by molar-refractivity contribution is -0.167. The number of hydrogen-bond donors (Lipinski definition) is 0. The first-order valence-electron chi connectivity index (χ1n) is 27.0. The maximum absolute atomic E-state index is 12.6. The van der Waals surface area contributed by atoms with Crippen molar-refractivity contribution in [3.63, 3.8) is 0 Å². The van der Waals surface area contributed by atoms with Crippen LogP contribution in [-0.4, -0.2) is 37.2 Å². The van der Waals surface area contributed by atoms with Crippen molar-refractivity contribution in [2.75, 3.05) is 13.2 Å². The van der Waals surface area contributed by atoms with Crippen LogP contribution in [0, 0.1) is 0 Å². The molecule has 0 aromatic rings. The monoisotopic (exact) mass is 849 g/mol. The molecule has 60 heavy (non-hydrogen) atoms. The maximum Gasteiger partial charge on any atom is 0.306 e. The van der Waals surface area contributed by atoms with Gasteiger partial charge in [0, 0.05) is 19.3 Å². The third-order valence-corrected chi connectivity index (χ3v) is 12.4. The summed E-state index contributed by atoms with van der Waals surface area (Å²) in [7, 11) is 0. The molecule has 0 rings (SSSR count). The van der Waals surface area contributed by atoms with Crippen molar-refractivity contribution < 1.29 is 28.6 Å². The Morgan fingerprint density at radius 3 is 0.667 bits per heavy atom. The van der Waals surface area contributed by atoms with Gasteiger partial charge in [0.2, 0.25) is 0 Å². The third kappa shape index (κ3) is 47.5. The van der Waals surface area contributed by atoms with Gasteiger partial charge in [-0.2, -0.15) is 0 Å². The summed E-state index contributed by atoms with van der Waals surface area (Å²) >= 11 is 0. The maximum atomic E-state index is 12.6. The number of carbonyl (C=O) groups is 3. The Labute approximate surface area is 374 Å². The Kier molecular flexibility index (Phi) is 48.7. The second-order valence-electron chi connectivity index (χ2n) is 18.5. The summed E-state index contributed by atoms with van der Waals surface area (Å²) in [4.78, 5) is 37.5. The van der Waals surface area contributed by atoms with E-state index in [2.05, 4.69) is 20.8 Å². The zero-order chi connectivity index (χ0) is 43.7. The molecular weight excluding hydrogens is 745 g/mol. The lowest BCUT2D eigenvalue weighted by atomic mass is 10.0. The average molecular weight is 849 g/mol. The molecule has 0 spiro atoms. The minimum absolute atomic E-state index is 0.0638. The second kappa shape index (κ2) is 50.1. The molecule has 0 aromatic carbocycles. The molecule has 0 bridgehead atoms. The van der Waals surface area contributed by atoms with Crippen LogP contribution >= 0.6 is 0 Å². The van der Waals surface area contributed by atoms with E-state index in [1.807, 2.05) is 0 Å². The van der Waals surface area contributed by atoms with Crippen molar-refractivity contribution in [2.45, 2.75) is 316 Å². The van der Waals surface area contributed by atoms with Gasteiger partial charge in [0.05, 0.1) is 0 Å². The highest BCUT2D eigenvalue weighted by Crippen LogP contribution is 2.17. The first kappa shape index (κ1) is 58.4. The van der Waals surface area contributed by atoms with Crippen LogP contribution in [0.4, 0.5) is 0 Å². The van der Waals surface area contributed by atoms with E-state index in [-0.39, 0.29) is 31.1 Å². The second-order valence-corrected chi connectivity index (χ2v) is 18.5. The smallest absolute Gasteiger partial charge is 0.306 e. The largest absolute Gasteiger partial charge is 0.462 e. The van der Waals surface area contributed by atoms with E-state index in [1.54, 1.807) is 0 Å². The Morgan fingerprint density at radius 1 is 0.267 bits per heavy atom. The predicted octanol–water partition coefficient (Wildman–Crippen LogP) is 17.6. The molecule has 0 radical (unpaired) electrons. The fourth-order valence-corrected chi connectivity index (χ4v) is 8.27. The number of unbranched alkanes of at least 4 members (excludes halogenated alkanes) is 39. The summed E-state index contributed by atoms with van der Waals surface area (Å²) in [6.07, 6.45) is 54.5. The van der Waals surface area contributed by atoms with Gasteiger partial charge >= 0.3 is 17.9 Å². The van der Waals surface area contributed by atoms with E-state index >= 15 is 0 Å². The van der Waals surface area contributed by atoms with Crippen molar-refractivity contribution in [3.05, 3.63) is 0 Å².